The quantitative estimate of drug-likeness (QED) is 0.720. The van der Waals surface area contributed by atoms with Crippen LogP contribution in [0.1, 0.15) is 50.7 Å². The summed E-state index contributed by atoms with van der Waals surface area (Å²) in [7, 11) is 0. The van der Waals surface area contributed by atoms with Gasteiger partial charge in [0.2, 0.25) is 0 Å². The number of hydrogen-bond acceptors (Lipinski definition) is 2. The Morgan fingerprint density at radius 1 is 1.06 bits per heavy atom. The molecule has 0 heterocycles. The minimum Gasteiger partial charge on any atom is -0.508 e. The second-order valence-electron chi connectivity index (χ2n) is 4.34. The summed E-state index contributed by atoms with van der Waals surface area (Å²) in [6.07, 6.45) is 6.43. The van der Waals surface area contributed by atoms with Gasteiger partial charge in [-0.15, -0.1) is 0 Å². The second-order valence-corrected chi connectivity index (χ2v) is 4.34. The van der Waals surface area contributed by atoms with E-state index in [0.29, 0.717) is 5.75 Å². The van der Waals surface area contributed by atoms with Gasteiger partial charge in [0.25, 0.3) is 0 Å². The number of phenols is 1. The van der Waals surface area contributed by atoms with Crippen molar-refractivity contribution in [1.82, 2.24) is 0 Å². The van der Waals surface area contributed by atoms with Crippen LogP contribution in [-0.2, 0) is 12.8 Å². The van der Waals surface area contributed by atoms with Crippen LogP contribution >= 0.6 is 0 Å². The normalized spacial score (nSPS) is 10.6. The highest BCUT2D eigenvalue weighted by atomic mass is 16.3. The number of hydrogen-bond donors (Lipinski definition) is 2. The molecule has 0 aliphatic rings. The van der Waals surface area contributed by atoms with Crippen LogP contribution in [0, 0.1) is 0 Å². The van der Waals surface area contributed by atoms with Gasteiger partial charge >= 0.3 is 0 Å². The van der Waals surface area contributed by atoms with E-state index in [4.69, 9.17) is 5.73 Å². The van der Waals surface area contributed by atoms with E-state index in [0.717, 1.165) is 43.4 Å². The molecule has 0 spiro atoms. The van der Waals surface area contributed by atoms with Gasteiger partial charge in [0.1, 0.15) is 5.75 Å². The number of aromatic hydroxyl groups is 1. The molecule has 0 aromatic heterocycles. The van der Waals surface area contributed by atoms with Gasteiger partial charge in [-0.05, 0) is 37.3 Å². The smallest absolute Gasteiger partial charge is 0.120 e. The first-order chi connectivity index (χ1) is 7.70. The molecule has 0 saturated heterocycles. The first kappa shape index (κ1) is 12.9. The lowest BCUT2D eigenvalue weighted by Crippen LogP contribution is -2.01. The molecule has 16 heavy (non-hydrogen) atoms. The van der Waals surface area contributed by atoms with Gasteiger partial charge in [0.15, 0.2) is 0 Å². The zero-order valence-electron chi connectivity index (χ0n) is 10.4. The number of anilines is 1. The van der Waals surface area contributed by atoms with Gasteiger partial charge < -0.3 is 10.8 Å². The lowest BCUT2D eigenvalue weighted by Gasteiger charge is -2.12. The van der Waals surface area contributed by atoms with E-state index in [-0.39, 0.29) is 0 Å². The molecule has 0 atom stereocenters. The fourth-order valence-corrected chi connectivity index (χ4v) is 1.90. The van der Waals surface area contributed by atoms with E-state index in [2.05, 4.69) is 13.8 Å². The molecule has 0 aliphatic heterocycles. The molecular weight excluding hydrogens is 198 g/mol. The molecule has 0 radical (unpaired) electrons. The van der Waals surface area contributed by atoms with E-state index < -0.39 is 0 Å². The highest BCUT2D eigenvalue weighted by Crippen LogP contribution is 2.29. The molecule has 0 bridgehead atoms. The average molecular weight is 221 g/mol. The van der Waals surface area contributed by atoms with Crippen LogP contribution in [0.2, 0.25) is 0 Å². The molecule has 0 fully saturated rings. The van der Waals surface area contributed by atoms with Gasteiger partial charge in [-0.2, -0.15) is 0 Å². The predicted octanol–water partition coefficient (Wildman–Crippen LogP) is 3.66. The minimum atomic E-state index is 0.353. The molecule has 0 unspecified atom stereocenters. The van der Waals surface area contributed by atoms with Gasteiger partial charge in [-0.25, -0.2) is 0 Å². The maximum atomic E-state index is 9.79. The van der Waals surface area contributed by atoms with Crippen molar-refractivity contribution in [3.8, 4) is 5.75 Å². The molecule has 1 aromatic rings. The van der Waals surface area contributed by atoms with Crippen molar-refractivity contribution in [2.75, 3.05) is 5.73 Å². The summed E-state index contributed by atoms with van der Waals surface area (Å²) < 4.78 is 0. The largest absolute Gasteiger partial charge is 0.508 e. The topological polar surface area (TPSA) is 46.2 Å². The fraction of sp³-hybridized carbons (Fsp3) is 0.571. The van der Waals surface area contributed by atoms with E-state index in [1.165, 1.54) is 12.0 Å². The van der Waals surface area contributed by atoms with Gasteiger partial charge in [-0.3, -0.25) is 0 Å². The van der Waals surface area contributed by atoms with Gasteiger partial charge in [-0.1, -0.05) is 32.8 Å². The number of benzene rings is 1. The molecule has 2 nitrogen and oxygen atoms in total. The zero-order chi connectivity index (χ0) is 12.0. The van der Waals surface area contributed by atoms with Crippen LogP contribution in [0.4, 0.5) is 5.69 Å². The summed E-state index contributed by atoms with van der Waals surface area (Å²) in [5, 5.41) is 9.79. The Morgan fingerprint density at radius 2 is 1.69 bits per heavy atom. The first-order valence-corrected chi connectivity index (χ1v) is 6.29. The van der Waals surface area contributed by atoms with Crippen LogP contribution < -0.4 is 5.73 Å². The molecule has 0 amide bonds. The Hall–Kier alpha value is -1.18. The summed E-state index contributed by atoms with van der Waals surface area (Å²) in [5.41, 5.74) is 9.04. The van der Waals surface area contributed by atoms with Crippen molar-refractivity contribution in [3.63, 3.8) is 0 Å². The summed E-state index contributed by atoms with van der Waals surface area (Å²) in [6, 6.07) is 3.74. The Bertz CT molecular complexity index is 334. The van der Waals surface area contributed by atoms with Crippen molar-refractivity contribution >= 4 is 5.69 Å². The molecule has 3 N–H and O–H groups in total. The highest BCUT2D eigenvalue weighted by Gasteiger charge is 2.09. The minimum absolute atomic E-state index is 0.353. The third-order valence-electron chi connectivity index (χ3n) is 3.00. The summed E-state index contributed by atoms with van der Waals surface area (Å²) in [6.45, 7) is 4.32. The van der Waals surface area contributed by atoms with Crippen molar-refractivity contribution < 1.29 is 5.11 Å². The third-order valence-corrected chi connectivity index (χ3v) is 3.00. The van der Waals surface area contributed by atoms with Crippen LogP contribution in [0.15, 0.2) is 12.1 Å². The number of rotatable bonds is 6. The summed E-state index contributed by atoms with van der Waals surface area (Å²) >= 11 is 0. The van der Waals surface area contributed by atoms with Crippen molar-refractivity contribution in [2.24, 2.45) is 0 Å². The van der Waals surface area contributed by atoms with E-state index >= 15 is 0 Å². The second kappa shape index (κ2) is 6.41. The van der Waals surface area contributed by atoms with E-state index in [9.17, 15) is 5.11 Å². The molecule has 0 aliphatic carbocycles. The van der Waals surface area contributed by atoms with Gasteiger partial charge in [0, 0.05) is 11.3 Å². The lowest BCUT2D eigenvalue weighted by molar-refractivity contribution is 0.467. The standard InChI is InChI=1S/C14H23NO/c1-3-5-7-11-9-10-13(16)12(14(11)15)8-6-4-2/h9-10,16H,3-8,15H2,1-2H3. The fourth-order valence-electron chi connectivity index (χ4n) is 1.90. The first-order valence-electron chi connectivity index (χ1n) is 6.29. The number of nitrogen functional groups attached to an aromatic ring is 1. The Balaban J connectivity index is 2.87. The van der Waals surface area contributed by atoms with E-state index in [1.54, 1.807) is 6.07 Å². The molecule has 2 heteroatoms. The monoisotopic (exact) mass is 221 g/mol. The SMILES string of the molecule is CCCCc1ccc(O)c(CCCC)c1N. The number of phenolic OH excluding ortho intramolecular Hbond substituents is 1. The molecule has 1 rings (SSSR count). The Morgan fingerprint density at radius 3 is 2.31 bits per heavy atom. The third kappa shape index (κ3) is 3.16. The summed E-state index contributed by atoms with van der Waals surface area (Å²) in [5.74, 6) is 0.353. The number of nitrogens with two attached hydrogens (primary N) is 1. The Labute approximate surface area is 98.5 Å². The predicted molar refractivity (Wildman–Crippen MR) is 69.7 cm³/mol. The van der Waals surface area contributed by atoms with Crippen molar-refractivity contribution in [1.29, 1.82) is 0 Å². The zero-order valence-corrected chi connectivity index (χ0v) is 10.4. The molecular formula is C14H23NO. The van der Waals surface area contributed by atoms with Gasteiger partial charge in [0.05, 0.1) is 0 Å². The number of unbranched alkanes of at least 4 members (excludes halogenated alkanes) is 2. The summed E-state index contributed by atoms with van der Waals surface area (Å²) in [4.78, 5) is 0. The van der Waals surface area contributed by atoms with Crippen molar-refractivity contribution in [2.45, 2.75) is 52.4 Å². The molecule has 1 aromatic carbocycles. The van der Waals surface area contributed by atoms with Crippen LogP contribution in [0.3, 0.4) is 0 Å². The maximum absolute atomic E-state index is 9.79. The van der Waals surface area contributed by atoms with Crippen LogP contribution in [0.5, 0.6) is 5.75 Å². The Kier molecular flexibility index (Phi) is 5.17. The lowest BCUT2D eigenvalue weighted by atomic mass is 9.98. The van der Waals surface area contributed by atoms with E-state index in [1.807, 2.05) is 6.07 Å². The average Bonchev–Trinajstić information content (AvgIpc) is 2.28. The maximum Gasteiger partial charge on any atom is 0.120 e. The number of aryl methyl sites for hydroxylation is 1. The van der Waals surface area contributed by atoms with Crippen LogP contribution in [0.25, 0.3) is 0 Å². The molecule has 0 saturated carbocycles. The van der Waals surface area contributed by atoms with Crippen LogP contribution in [-0.4, -0.2) is 5.11 Å². The van der Waals surface area contributed by atoms with Crippen molar-refractivity contribution in [3.05, 3.63) is 23.3 Å². The molecule has 90 valence electrons. The highest BCUT2D eigenvalue weighted by molar-refractivity contribution is 5.59.